The Bertz CT molecular complexity index is 270. The van der Waals surface area contributed by atoms with Crippen molar-refractivity contribution in [1.29, 1.82) is 0 Å². The maximum atomic E-state index is 11.6. The average molecular weight is 272 g/mol. The summed E-state index contributed by atoms with van der Waals surface area (Å²) in [5, 5.41) is 12.0. The van der Waals surface area contributed by atoms with Crippen molar-refractivity contribution in [3.8, 4) is 0 Å². The van der Waals surface area contributed by atoms with Crippen molar-refractivity contribution in [3.05, 3.63) is 0 Å². The lowest BCUT2D eigenvalue weighted by molar-refractivity contribution is 0.0477. The van der Waals surface area contributed by atoms with Gasteiger partial charge in [0, 0.05) is 0 Å². The van der Waals surface area contributed by atoms with Crippen LogP contribution in [0.4, 0.5) is 4.79 Å². The van der Waals surface area contributed by atoms with Gasteiger partial charge in [-0.15, -0.1) is 0 Å². The van der Waals surface area contributed by atoms with E-state index in [1.54, 1.807) is 0 Å². The third-order valence-electron chi connectivity index (χ3n) is 3.17. The molecular weight excluding hydrogens is 244 g/mol. The smallest absolute Gasteiger partial charge is 0.407 e. The molecule has 0 aromatic rings. The molecule has 1 rings (SSSR count). The van der Waals surface area contributed by atoms with Gasteiger partial charge in [0.05, 0.1) is 12.6 Å². The number of likely N-dealkylation sites (tertiary alicyclic amines) is 1. The van der Waals surface area contributed by atoms with Gasteiger partial charge in [-0.05, 0) is 66.1 Å². The Hall–Kier alpha value is -0.810. The molecule has 0 saturated carbocycles. The van der Waals surface area contributed by atoms with Crippen molar-refractivity contribution in [2.75, 3.05) is 26.2 Å². The van der Waals surface area contributed by atoms with Crippen LogP contribution >= 0.6 is 0 Å². The highest BCUT2D eigenvalue weighted by Gasteiger charge is 2.19. The number of hydrogen-bond donors (Lipinski definition) is 2. The fourth-order valence-corrected chi connectivity index (χ4v) is 2.25. The summed E-state index contributed by atoms with van der Waals surface area (Å²) in [5.74, 6) is 0. The Morgan fingerprint density at radius 1 is 1.37 bits per heavy atom. The molecule has 1 saturated heterocycles. The van der Waals surface area contributed by atoms with Crippen molar-refractivity contribution < 1.29 is 14.6 Å². The summed E-state index contributed by atoms with van der Waals surface area (Å²) in [6.07, 6.45) is 3.90. The van der Waals surface area contributed by atoms with Crippen molar-refractivity contribution in [2.45, 2.75) is 58.1 Å². The molecule has 0 unspecified atom stereocenters. The first-order chi connectivity index (χ1) is 8.90. The molecule has 1 heterocycles. The van der Waals surface area contributed by atoms with Gasteiger partial charge in [0.15, 0.2) is 0 Å². The number of rotatable bonds is 6. The van der Waals surface area contributed by atoms with Crippen LogP contribution < -0.4 is 5.32 Å². The Morgan fingerprint density at radius 3 is 2.53 bits per heavy atom. The molecule has 1 atom stereocenters. The molecule has 2 N–H and O–H groups in total. The van der Waals surface area contributed by atoms with E-state index in [2.05, 4.69) is 10.2 Å². The zero-order valence-electron chi connectivity index (χ0n) is 12.4. The lowest BCUT2D eigenvalue weighted by atomic mass is 10.1. The Kier molecular flexibility index (Phi) is 6.58. The summed E-state index contributed by atoms with van der Waals surface area (Å²) in [6, 6.07) is -0.211. The van der Waals surface area contributed by atoms with E-state index in [4.69, 9.17) is 4.74 Å². The van der Waals surface area contributed by atoms with E-state index in [1.165, 1.54) is 25.9 Å². The first-order valence-electron chi connectivity index (χ1n) is 7.23. The number of nitrogens with zero attached hydrogens (tertiary/aromatic N) is 1. The molecule has 0 aromatic carbocycles. The van der Waals surface area contributed by atoms with Gasteiger partial charge in [-0.3, -0.25) is 0 Å². The lowest BCUT2D eigenvalue weighted by Crippen LogP contribution is -2.41. The molecule has 0 aliphatic carbocycles. The molecule has 112 valence electrons. The number of carbonyl (C=O) groups excluding carboxylic acids is 1. The van der Waals surface area contributed by atoms with E-state index in [-0.39, 0.29) is 12.6 Å². The highest BCUT2D eigenvalue weighted by atomic mass is 16.6. The fraction of sp³-hybridized carbons (Fsp3) is 0.929. The highest BCUT2D eigenvalue weighted by molar-refractivity contribution is 5.68. The van der Waals surface area contributed by atoms with Crippen LogP contribution in [0.1, 0.15) is 46.5 Å². The van der Waals surface area contributed by atoms with Crippen LogP contribution in [-0.2, 0) is 4.74 Å². The number of amides is 1. The number of carbonyl (C=O) groups is 1. The third-order valence-corrected chi connectivity index (χ3v) is 3.17. The summed E-state index contributed by atoms with van der Waals surface area (Å²) in [7, 11) is 0. The summed E-state index contributed by atoms with van der Waals surface area (Å²) in [4.78, 5) is 14.0. The molecule has 5 nitrogen and oxygen atoms in total. The number of alkyl carbamates (subject to hydrolysis) is 1. The standard InChI is InChI=1S/C14H28N2O3/c1-14(2,3)19-13(18)15-12(11-17)7-6-10-16-8-4-5-9-16/h12,17H,4-11H2,1-3H3,(H,15,18)/t12-/m1/s1. The fourth-order valence-electron chi connectivity index (χ4n) is 2.25. The van der Waals surface area contributed by atoms with Gasteiger partial charge in [0.1, 0.15) is 5.60 Å². The molecule has 0 aromatic heterocycles. The maximum Gasteiger partial charge on any atom is 0.407 e. The quantitative estimate of drug-likeness (QED) is 0.773. The molecule has 1 aliphatic heterocycles. The molecule has 0 spiro atoms. The minimum atomic E-state index is -0.500. The van der Waals surface area contributed by atoms with Crippen LogP contribution in [0.25, 0.3) is 0 Å². The van der Waals surface area contributed by atoms with Gasteiger partial charge in [-0.2, -0.15) is 0 Å². The predicted molar refractivity (Wildman–Crippen MR) is 75.2 cm³/mol. The monoisotopic (exact) mass is 272 g/mol. The minimum absolute atomic E-state index is 0.0424. The van der Waals surface area contributed by atoms with Gasteiger partial charge in [0.2, 0.25) is 0 Å². The van der Waals surface area contributed by atoms with Crippen LogP contribution in [0.5, 0.6) is 0 Å². The van der Waals surface area contributed by atoms with Gasteiger partial charge in [-0.1, -0.05) is 0 Å². The summed E-state index contributed by atoms with van der Waals surface area (Å²) < 4.78 is 5.18. The second-order valence-electron chi connectivity index (χ2n) is 6.22. The molecular formula is C14H28N2O3. The highest BCUT2D eigenvalue weighted by Crippen LogP contribution is 2.10. The van der Waals surface area contributed by atoms with Crippen molar-refractivity contribution in [1.82, 2.24) is 10.2 Å². The number of aliphatic hydroxyl groups is 1. The maximum absolute atomic E-state index is 11.6. The number of hydrogen-bond acceptors (Lipinski definition) is 4. The van der Waals surface area contributed by atoms with E-state index in [0.29, 0.717) is 0 Å². The van der Waals surface area contributed by atoms with Crippen LogP contribution in [-0.4, -0.2) is 54.0 Å². The van der Waals surface area contributed by atoms with E-state index >= 15 is 0 Å². The minimum Gasteiger partial charge on any atom is -0.444 e. The summed E-state index contributed by atoms with van der Waals surface area (Å²) in [6.45, 7) is 8.86. The average Bonchev–Trinajstić information content (AvgIpc) is 2.78. The van der Waals surface area contributed by atoms with Crippen molar-refractivity contribution in [3.63, 3.8) is 0 Å². The first kappa shape index (κ1) is 16.2. The van der Waals surface area contributed by atoms with E-state index in [0.717, 1.165) is 19.4 Å². The van der Waals surface area contributed by atoms with Crippen LogP contribution in [0.15, 0.2) is 0 Å². The van der Waals surface area contributed by atoms with E-state index in [1.807, 2.05) is 20.8 Å². The van der Waals surface area contributed by atoms with Crippen LogP contribution in [0.2, 0.25) is 0 Å². The largest absolute Gasteiger partial charge is 0.444 e. The number of nitrogens with one attached hydrogen (secondary N) is 1. The second kappa shape index (κ2) is 7.70. The van der Waals surface area contributed by atoms with E-state index < -0.39 is 11.7 Å². The first-order valence-corrected chi connectivity index (χ1v) is 7.23. The van der Waals surface area contributed by atoms with Crippen LogP contribution in [0, 0.1) is 0 Å². The lowest BCUT2D eigenvalue weighted by Gasteiger charge is -2.23. The van der Waals surface area contributed by atoms with Gasteiger partial charge < -0.3 is 20.1 Å². The third kappa shape index (κ3) is 7.38. The molecule has 1 aliphatic rings. The second-order valence-corrected chi connectivity index (χ2v) is 6.22. The predicted octanol–water partition coefficient (Wildman–Crippen LogP) is 1.75. The summed E-state index contributed by atoms with van der Waals surface area (Å²) in [5.41, 5.74) is -0.500. The Morgan fingerprint density at radius 2 is 2.00 bits per heavy atom. The number of ether oxygens (including phenoxy) is 1. The Labute approximate surface area is 116 Å². The molecule has 1 amide bonds. The topological polar surface area (TPSA) is 61.8 Å². The van der Waals surface area contributed by atoms with Gasteiger partial charge in [0.25, 0.3) is 0 Å². The molecule has 5 heteroatoms. The molecule has 0 bridgehead atoms. The normalized spacial score (nSPS) is 18.3. The zero-order valence-corrected chi connectivity index (χ0v) is 12.4. The van der Waals surface area contributed by atoms with Gasteiger partial charge in [-0.25, -0.2) is 4.79 Å². The molecule has 1 fully saturated rings. The molecule has 19 heavy (non-hydrogen) atoms. The van der Waals surface area contributed by atoms with Crippen molar-refractivity contribution in [2.24, 2.45) is 0 Å². The van der Waals surface area contributed by atoms with Crippen molar-refractivity contribution >= 4 is 6.09 Å². The van der Waals surface area contributed by atoms with Gasteiger partial charge >= 0.3 is 6.09 Å². The van der Waals surface area contributed by atoms with E-state index in [9.17, 15) is 9.90 Å². The number of aliphatic hydroxyl groups excluding tert-OH is 1. The SMILES string of the molecule is CC(C)(C)OC(=O)N[C@@H](CO)CCCN1CCCC1. The zero-order chi connectivity index (χ0) is 14.3. The molecule has 0 radical (unpaired) electrons. The Balaban J connectivity index is 2.19. The van der Waals surface area contributed by atoms with Crippen LogP contribution in [0.3, 0.4) is 0 Å². The summed E-state index contributed by atoms with van der Waals surface area (Å²) >= 11 is 0.